The van der Waals surface area contributed by atoms with E-state index in [1.165, 1.54) is 44.1 Å². The Morgan fingerprint density at radius 1 is 0.464 bits per heavy atom. The van der Waals surface area contributed by atoms with Crippen LogP contribution in [0.1, 0.15) is 25.0 Å². The first kappa shape index (κ1) is 32.8. The van der Waals surface area contributed by atoms with Gasteiger partial charge in [-0.2, -0.15) is 0 Å². The molecule has 1 unspecified atom stereocenters. The molecule has 1 aromatic heterocycles. The lowest BCUT2D eigenvalue weighted by atomic mass is 9.82. The molecule has 5 heteroatoms. The van der Waals surface area contributed by atoms with Gasteiger partial charge in [0.1, 0.15) is 0 Å². The molecule has 9 aromatic rings. The van der Waals surface area contributed by atoms with Crippen molar-refractivity contribution in [1.29, 1.82) is 0 Å². The van der Waals surface area contributed by atoms with Gasteiger partial charge in [0.05, 0.1) is 27.7 Å². The summed E-state index contributed by atoms with van der Waals surface area (Å²) in [5.41, 5.74) is 14.6. The average molecular weight is 740 g/mol. The van der Waals surface area contributed by atoms with E-state index in [4.69, 9.17) is 0 Å². The number of aromatic nitrogens is 1. The number of nitrogens with zero attached hydrogens (tertiary/aromatic N) is 3. The van der Waals surface area contributed by atoms with Crippen molar-refractivity contribution in [1.82, 2.24) is 4.57 Å². The second kappa shape index (κ2) is 12.2. The van der Waals surface area contributed by atoms with Crippen molar-refractivity contribution >= 4 is 57.3 Å². The van der Waals surface area contributed by atoms with E-state index in [-0.39, 0.29) is 5.41 Å². The maximum atomic E-state index is 16.1. The summed E-state index contributed by atoms with van der Waals surface area (Å²) in [5, 5.41) is 3.21. The van der Waals surface area contributed by atoms with Gasteiger partial charge in [-0.05, 0) is 101 Å². The van der Waals surface area contributed by atoms with Gasteiger partial charge in [-0.3, -0.25) is 13.9 Å². The molecule has 0 radical (unpaired) electrons. The largest absolute Gasteiger partial charge is 0.309 e. The van der Waals surface area contributed by atoms with Crippen LogP contribution in [0.2, 0.25) is 0 Å². The Hall–Kier alpha value is -6.61. The first-order valence-electron chi connectivity index (χ1n) is 19.2. The second-order valence-corrected chi connectivity index (χ2v) is 17.7. The highest BCUT2D eigenvalue weighted by atomic mass is 31.2. The van der Waals surface area contributed by atoms with Crippen LogP contribution in [0, 0.1) is 0 Å². The first-order chi connectivity index (χ1) is 27.4. The summed E-state index contributed by atoms with van der Waals surface area (Å²) in [5.74, 6) is 0. The van der Waals surface area contributed by atoms with Gasteiger partial charge in [0.2, 0.25) is 0 Å². The molecule has 2 heterocycles. The molecule has 8 aromatic carbocycles. The quantitative estimate of drug-likeness (QED) is 0.165. The number of fused-ring (bicyclic) bond motifs is 8. The van der Waals surface area contributed by atoms with Crippen LogP contribution < -0.4 is 14.6 Å². The van der Waals surface area contributed by atoms with Crippen molar-refractivity contribution in [2.24, 2.45) is 0 Å². The third-order valence-electron chi connectivity index (χ3n) is 11.9. The van der Waals surface area contributed by atoms with Gasteiger partial charge in [-0.15, -0.1) is 0 Å². The molecular formula is C51H38N3OP. The summed E-state index contributed by atoms with van der Waals surface area (Å²) in [7, 11) is -3.46. The number of hydrogen-bond acceptors (Lipinski definition) is 1. The lowest BCUT2D eigenvalue weighted by Crippen LogP contribution is -2.26. The molecule has 0 amide bonds. The van der Waals surface area contributed by atoms with E-state index in [1.807, 2.05) is 66.7 Å². The molecule has 0 bridgehead atoms. The highest BCUT2D eigenvalue weighted by Gasteiger charge is 2.49. The molecule has 11 rings (SSSR count). The first-order valence-corrected chi connectivity index (χ1v) is 20.8. The summed E-state index contributed by atoms with van der Waals surface area (Å²) < 4.78 is 22.7. The van der Waals surface area contributed by atoms with Crippen LogP contribution >= 0.6 is 7.44 Å². The Morgan fingerprint density at radius 2 is 1.02 bits per heavy atom. The Labute approximate surface area is 327 Å². The molecule has 0 spiro atoms. The highest BCUT2D eigenvalue weighted by Crippen LogP contribution is 2.70. The van der Waals surface area contributed by atoms with Gasteiger partial charge in [0.25, 0.3) is 0 Å². The molecule has 0 saturated heterocycles. The average Bonchev–Trinajstić information content (AvgIpc) is 3.82. The Kier molecular flexibility index (Phi) is 7.14. The molecule has 2 aliphatic rings. The van der Waals surface area contributed by atoms with E-state index in [0.717, 1.165) is 44.9 Å². The number of hydrogen-bond donors (Lipinski definition) is 0. The van der Waals surface area contributed by atoms with Crippen LogP contribution in [0.5, 0.6) is 0 Å². The number of benzene rings is 8. The fourth-order valence-corrected chi connectivity index (χ4v) is 12.3. The van der Waals surface area contributed by atoms with Crippen molar-refractivity contribution < 1.29 is 4.57 Å². The van der Waals surface area contributed by atoms with E-state index in [0.29, 0.717) is 0 Å². The summed E-state index contributed by atoms with van der Waals surface area (Å²) in [4.78, 5) is 0. The van der Waals surface area contributed by atoms with E-state index in [1.54, 1.807) is 0 Å². The fraction of sp³-hybridized carbons (Fsp3) is 0.0588. The smallest absolute Gasteiger partial charge is 0.301 e. The molecule has 0 saturated carbocycles. The van der Waals surface area contributed by atoms with Crippen molar-refractivity contribution in [3.05, 3.63) is 205 Å². The van der Waals surface area contributed by atoms with Crippen LogP contribution in [0.4, 0.5) is 22.7 Å². The zero-order valence-corrected chi connectivity index (χ0v) is 32.1. The van der Waals surface area contributed by atoms with Crippen LogP contribution in [0.3, 0.4) is 0 Å². The molecule has 0 N–H and O–H groups in total. The van der Waals surface area contributed by atoms with Gasteiger partial charge < -0.3 is 4.57 Å². The lowest BCUT2D eigenvalue weighted by Gasteiger charge is -2.33. The topological polar surface area (TPSA) is 28.5 Å². The minimum atomic E-state index is -3.46. The van der Waals surface area contributed by atoms with Crippen molar-refractivity contribution in [3.8, 4) is 27.9 Å². The number of anilines is 4. The van der Waals surface area contributed by atoms with E-state index in [2.05, 4.69) is 155 Å². The van der Waals surface area contributed by atoms with Crippen molar-refractivity contribution in [2.75, 3.05) is 9.34 Å². The molecule has 1 aliphatic carbocycles. The minimum Gasteiger partial charge on any atom is -0.309 e. The molecule has 268 valence electrons. The SMILES string of the molecule is CC1(C)c2ccccc2-c2c1ccc1c3cc(-c4ccc5c(c4)N(c4ccccc4)P(=O)(c4ccccc4)N5c4ccccc4)ccc3n(-c3ccccc3)c21. The van der Waals surface area contributed by atoms with Gasteiger partial charge >= 0.3 is 7.44 Å². The molecule has 1 aliphatic heterocycles. The maximum Gasteiger partial charge on any atom is 0.301 e. The Balaban J connectivity index is 1.16. The molecule has 56 heavy (non-hydrogen) atoms. The number of para-hydroxylation sites is 3. The van der Waals surface area contributed by atoms with Gasteiger partial charge in [0, 0.05) is 38.8 Å². The summed E-state index contributed by atoms with van der Waals surface area (Å²) >= 11 is 0. The molecular weight excluding hydrogens is 702 g/mol. The fourth-order valence-electron chi connectivity index (χ4n) is 9.33. The third-order valence-corrected chi connectivity index (χ3v) is 14.8. The maximum absolute atomic E-state index is 16.1. The van der Waals surface area contributed by atoms with Crippen LogP contribution in [0.25, 0.3) is 49.7 Å². The lowest BCUT2D eigenvalue weighted by molar-refractivity contribution is 0.582. The Bertz CT molecular complexity index is 3030. The van der Waals surface area contributed by atoms with Crippen molar-refractivity contribution in [2.45, 2.75) is 19.3 Å². The summed E-state index contributed by atoms with van der Waals surface area (Å²) in [6, 6.07) is 68.0. The Morgan fingerprint density at radius 3 is 1.70 bits per heavy atom. The predicted octanol–water partition coefficient (Wildman–Crippen LogP) is 13.6. The zero-order valence-electron chi connectivity index (χ0n) is 31.2. The second-order valence-electron chi connectivity index (χ2n) is 15.3. The molecule has 0 fully saturated rings. The van der Waals surface area contributed by atoms with E-state index >= 15 is 4.57 Å². The van der Waals surface area contributed by atoms with Crippen molar-refractivity contribution in [3.63, 3.8) is 0 Å². The van der Waals surface area contributed by atoms with E-state index in [9.17, 15) is 0 Å². The standard InChI is InChI=1S/C51H38N3OP/c1-51(2)44-26-16-15-25-42(44)49-45(51)30-29-41-43-33-35(27-31-46(43)52(50(41)49)37-17-7-3-8-18-37)36-28-32-47-48(34-36)54(39-21-11-5-12-22-39)56(55,40-23-13-6-14-24-40)53(47)38-19-9-4-10-20-38/h3-34H,1-2H3. The van der Waals surface area contributed by atoms with Gasteiger partial charge in [-0.25, -0.2) is 0 Å². The summed E-state index contributed by atoms with van der Waals surface area (Å²) in [6.45, 7) is 4.69. The normalized spacial score (nSPS) is 16.6. The van der Waals surface area contributed by atoms with Gasteiger partial charge in [0.15, 0.2) is 0 Å². The highest BCUT2D eigenvalue weighted by molar-refractivity contribution is 7.76. The molecule has 4 nitrogen and oxygen atoms in total. The van der Waals surface area contributed by atoms with Crippen LogP contribution in [0.15, 0.2) is 194 Å². The number of rotatable bonds is 5. The minimum absolute atomic E-state index is 0.106. The monoisotopic (exact) mass is 739 g/mol. The van der Waals surface area contributed by atoms with E-state index < -0.39 is 7.44 Å². The van der Waals surface area contributed by atoms with Gasteiger partial charge in [-0.1, -0.05) is 135 Å². The zero-order chi connectivity index (χ0) is 37.6. The predicted molar refractivity (Wildman–Crippen MR) is 235 cm³/mol. The van der Waals surface area contributed by atoms with Crippen LogP contribution in [-0.4, -0.2) is 4.57 Å². The summed E-state index contributed by atoms with van der Waals surface area (Å²) in [6.07, 6.45) is 0. The van der Waals surface area contributed by atoms with Crippen LogP contribution in [-0.2, 0) is 9.98 Å². The molecule has 1 atom stereocenters. The third kappa shape index (κ3) is 4.57.